The van der Waals surface area contributed by atoms with E-state index in [9.17, 15) is 4.79 Å². The summed E-state index contributed by atoms with van der Waals surface area (Å²) in [6.07, 6.45) is 3.95. The second-order valence-electron chi connectivity index (χ2n) is 5.36. The molecule has 21 heavy (non-hydrogen) atoms. The Kier molecular flexibility index (Phi) is 5.32. The van der Waals surface area contributed by atoms with Gasteiger partial charge in [0.2, 0.25) is 5.91 Å². The van der Waals surface area contributed by atoms with E-state index in [4.69, 9.17) is 5.84 Å². The number of hydrogen-bond acceptors (Lipinski definition) is 6. The highest BCUT2D eigenvalue weighted by atomic mass is 16.2. The fraction of sp³-hybridized carbons (Fsp3) is 0.643. The number of carbonyl (C=O) groups is 1. The van der Waals surface area contributed by atoms with Crippen LogP contribution in [-0.4, -0.2) is 40.4 Å². The molecule has 0 spiro atoms. The van der Waals surface area contributed by atoms with Gasteiger partial charge in [0.05, 0.1) is 0 Å². The van der Waals surface area contributed by atoms with Crippen LogP contribution in [0.4, 0.5) is 11.6 Å². The zero-order valence-electron chi connectivity index (χ0n) is 12.8. The second kappa shape index (κ2) is 7.21. The smallest absolute Gasteiger partial charge is 0.224 e. The van der Waals surface area contributed by atoms with Crippen LogP contribution in [-0.2, 0) is 4.79 Å². The van der Waals surface area contributed by atoms with Gasteiger partial charge in [-0.3, -0.25) is 4.79 Å². The quantitative estimate of drug-likeness (QED) is 0.557. The summed E-state index contributed by atoms with van der Waals surface area (Å²) in [5, 5.41) is 3.20. The zero-order chi connectivity index (χ0) is 15.2. The van der Waals surface area contributed by atoms with Crippen LogP contribution < -0.4 is 16.6 Å². The molecule has 2 rings (SSSR count). The molecule has 1 aliphatic heterocycles. The number of nitrogens with zero attached hydrogens (tertiary/aromatic N) is 3. The molecule has 0 unspecified atom stereocenters. The topological polar surface area (TPSA) is 96.2 Å². The van der Waals surface area contributed by atoms with Crippen molar-refractivity contribution in [1.29, 1.82) is 0 Å². The summed E-state index contributed by atoms with van der Waals surface area (Å²) in [5.74, 6) is 7.61. The molecule has 1 fully saturated rings. The number of likely N-dealkylation sites (tertiary alicyclic amines) is 1. The summed E-state index contributed by atoms with van der Waals surface area (Å²) in [4.78, 5) is 22.6. The van der Waals surface area contributed by atoms with Gasteiger partial charge in [-0.15, -0.1) is 0 Å². The maximum Gasteiger partial charge on any atom is 0.224 e. The van der Waals surface area contributed by atoms with Crippen LogP contribution >= 0.6 is 0 Å². The number of carbonyl (C=O) groups excluding carboxylic acids is 1. The Morgan fingerprint density at radius 1 is 1.19 bits per heavy atom. The Labute approximate surface area is 125 Å². The molecular weight excluding hydrogens is 268 g/mol. The van der Waals surface area contributed by atoms with E-state index in [2.05, 4.69) is 20.7 Å². The molecule has 7 heteroatoms. The maximum absolute atomic E-state index is 12.1. The number of nitrogens with one attached hydrogen (secondary N) is 2. The Balaban J connectivity index is 1.88. The molecule has 1 saturated heterocycles. The molecule has 7 nitrogen and oxygen atoms in total. The van der Waals surface area contributed by atoms with E-state index < -0.39 is 0 Å². The molecular formula is C14H24N6O. The lowest BCUT2D eigenvalue weighted by Gasteiger charge is -2.26. The molecule has 1 aromatic heterocycles. The normalized spacial score (nSPS) is 14.9. The van der Waals surface area contributed by atoms with Crippen molar-refractivity contribution in [1.82, 2.24) is 14.9 Å². The number of piperidine rings is 1. The second-order valence-corrected chi connectivity index (χ2v) is 5.36. The Hall–Kier alpha value is -1.89. The summed E-state index contributed by atoms with van der Waals surface area (Å²) in [5.41, 5.74) is 3.42. The molecule has 0 aliphatic carbocycles. The Bertz CT molecular complexity index is 498. The highest BCUT2D eigenvalue weighted by molar-refractivity contribution is 5.76. The lowest BCUT2D eigenvalue weighted by atomic mass is 10.1. The largest absolute Gasteiger partial charge is 0.369 e. The van der Waals surface area contributed by atoms with Crippen molar-refractivity contribution in [2.75, 3.05) is 30.4 Å². The van der Waals surface area contributed by atoms with Gasteiger partial charge in [0, 0.05) is 31.6 Å². The maximum atomic E-state index is 12.1. The van der Waals surface area contributed by atoms with E-state index in [1.54, 1.807) is 0 Å². The van der Waals surface area contributed by atoms with E-state index in [0.29, 0.717) is 24.6 Å². The molecule has 116 valence electrons. The minimum atomic E-state index is 0.211. The monoisotopic (exact) mass is 292 g/mol. The van der Waals surface area contributed by atoms with Crippen LogP contribution in [0.5, 0.6) is 0 Å². The summed E-state index contributed by atoms with van der Waals surface area (Å²) in [7, 11) is 0. The zero-order valence-corrected chi connectivity index (χ0v) is 12.8. The van der Waals surface area contributed by atoms with Gasteiger partial charge < -0.3 is 15.6 Å². The van der Waals surface area contributed by atoms with Gasteiger partial charge in [-0.2, -0.15) is 0 Å². The van der Waals surface area contributed by atoms with Crippen LogP contribution in [0.1, 0.15) is 37.1 Å². The highest BCUT2D eigenvalue weighted by Crippen LogP contribution is 2.18. The first-order valence-corrected chi connectivity index (χ1v) is 7.45. The van der Waals surface area contributed by atoms with Crippen molar-refractivity contribution in [3.8, 4) is 0 Å². The Morgan fingerprint density at radius 2 is 1.86 bits per heavy atom. The molecule has 0 bridgehead atoms. The molecule has 2 heterocycles. The average Bonchev–Trinajstić information content (AvgIpc) is 2.51. The summed E-state index contributed by atoms with van der Waals surface area (Å²) >= 11 is 0. The first-order valence-electron chi connectivity index (χ1n) is 7.45. The fourth-order valence-corrected chi connectivity index (χ4v) is 2.53. The van der Waals surface area contributed by atoms with E-state index in [1.807, 2.05) is 18.7 Å². The van der Waals surface area contributed by atoms with Crippen LogP contribution in [0.15, 0.2) is 0 Å². The van der Waals surface area contributed by atoms with E-state index >= 15 is 0 Å². The average molecular weight is 292 g/mol. The fourth-order valence-electron chi connectivity index (χ4n) is 2.53. The van der Waals surface area contributed by atoms with E-state index in [0.717, 1.165) is 37.3 Å². The third-order valence-corrected chi connectivity index (χ3v) is 3.73. The molecule has 0 aromatic carbocycles. The number of hydrazine groups is 1. The van der Waals surface area contributed by atoms with Gasteiger partial charge in [-0.1, -0.05) is 0 Å². The summed E-state index contributed by atoms with van der Waals surface area (Å²) in [6, 6.07) is 0. The number of aryl methyl sites for hydroxylation is 1. The number of nitrogens with two attached hydrogens (primary N) is 1. The van der Waals surface area contributed by atoms with Gasteiger partial charge in [0.1, 0.15) is 17.5 Å². The number of hydrogen-bond donors (Lipinski definition) is 3. The molecule has 1 aromatic rings. The van der Waals surface area contributed by atoms with Crippen molar-refractivity contribution < 1.29 is 4.79 Å². The molecule has 0 saturated carbocycles. The lowest BCUT2D eigenvalue weighted by molar-refractivity contribution is -0.131. The number of amides is 1. The predicted molar refractivity (Wildman–Crippen MR) is 82.9 cm³/mol. The summed E-state index contributed by atoms with van der Waals surface area (Å²) < 4.78 is 0. The Morgan fingerprint density at radius 3 is 2.52 bits per heavy atom. The number of nitrogen functional groups attached to an aromatic ring is 1. The van der Waals surface area contributed by atoms with E-state index in [1.165, 1.54) is 6.42 Å². The number of rotatable bonds is 5. The lowest BCUT2D eigenvalue weighted by Crippen LogP contribution is -2.36. The van der Waals surface area contributed by atoms with Gasteiger partial charge in [-0.25, -0.2) is 15.8 Å². The van der Waals surface area contributed by atoms with Gasteiger partial charge in [-0.05, 0) is 33.1 Å². The first kappa shape index (κ1) is 15.5. The van der Waals surface area contributed by atoms with Crippen LogP contribution in [0, 0.1) is 13.8 Å². The third kappa shape index (κ3) is 4.04. The highest BCUT2D eigenvalue weighted by Gasteiger charge is 2.16. The SMILES string of the molecule is Cc1nc(NN)c(C)c(NCCC(=O)N2CCCCC2)n1. The van der Waals surface area contributed by atoms with Crippen LogP contribution in [0.2, 0.25) is 0 Å². The minimum Gasteiger partial charge on any atom is -0.369 e. The predicted octanol–water partition coefficient (Wildman–Crippen LogP) is 1.19. The van der Waals surface area contributed by atoms with Crippen molar-refractivity contribution in [3.63, 3.8) is 0 Å². The van der Waals surface area contributed by atoms with Crippen molar-refractivity contribution in [2.45, 2.75) is 39.5 Å². The molecule has 0 radical (unpaired) electrons. The van der Waals surface area contributed by atoms with Gasteiger partial charge in [0.15, 0.2) is 0 Å². The molecule has 1 amide bonds. The van der Waals surface area contributed by atoms with Crippen LogP contribution in [0.25, 0.3) is 0 Å². The number of aromatic nitrogens is 2. The van der Waals surface area contributed by atoms with Gasteiger partial charge >= 0.3 is 0 Å². The van der Waals surface area contributed by atoms with Crippen molar-refractivity contribution in [2.24, 2.45) is 5.84 Å². The molecule has 4 N–H and O–H groups in total. The molecule has 1 aliphatic rings. The van der Waals surface area contributed by atoms with Crippen LogP contribution in [0.3, 0.4) is 0 Å². The summed E-state index contributed by atoms with van der Waals surface area (Å²) in [6.45, 7) is 6.06. The standard InChI is InChI=1S/C14H24N6O/c1-10-13(17-11(2)18-14(10)19-15)16-7-6-12(21)20-8-4-3-5-9-20/h3-9,15H2,1-2H3,(H2,16,17,18,19). The minimum absolute atomic E-state index is 0.211. The van der Waals surface area contributed by atoms with Crippen molar-refractivity contribution >= 4 is 17.5 Å². The van der Waals surface area contributed by atoms with Gasteiger partial charge in [0.25, 0.3) is 0 Å². The first-order chi connectivity index (χ1) is 10.1. The molecule has 0 atom stereocenters. The number of anilines is 2. The van der Waals surface area contributed by atoms with E-state index in [-0.39, 0.29) is 5.91 Å². The van der Waals surface area contributed by atoms with Crippen molar-refractivity contribution in [3.05, 3.63) is 11.4 Å². The third-order valence-electron chi connectivity index (χ3n) is 3.73.